The second-order valence-corrected chi connectivity index (χ2v) is 8.45. The van der Waals surface area contributed by atoms with Crippen molar-refractivity contribution < 1.29 is 9.53 Å². The number of ether oxygens (including phenoxy) is 1. The van der Waals surface area contributed by atoms with Gasteiger partial charge in [0.1, 0.15) is 5.82 Å². The van der Waals surface area contributed by atoms with Crippen LogP contribution in [0.4, 0.5) is 10.5 Å². The molecule has 9 heteroatoms. The van der Waals surface area contributed by atoms with Gasteiger partial charge in [0.15, 0.2) is 0 Å². The van der Waals surface area contributed by atoms with Crippen LogP contribution >= 0.6 is 23.2 Å². The first-order chi connectivity index (χ1) is 15.2. The quantitative estimate of drug-likeness (QED) is 0.476. The maximum Gasteiger partial charge on any atom is 0.322 e. The number of carbonyl (C=O) groups is 1. The lowest BCUT2D eigenvalue weighted by molar-refractivity contribution is 0.158. The van der Waals surface area contributed by atoms with Gasteiger partial charge in [-0.05, 0) is 56.2 Å². The molecule has 0 aliphatic carbocycles. The number of halogens is 2. The third-order valence-electron chi connectivity index (χ3n) is 5.35. The zero-order valence-corrected chi connectivity index (χ0v) is 20.0. The van der Waals surface area contributed by atoms with E-state index in [1.165, 1.54) is 4.57 Å². The molecule has 1 aromatic heterocycles. The topological polar surface area (TPSA) is 76.5 Å². The van der Waals surface area contributed by atoms with Crippen molar-refractivity contribution in [3.63, 3.8) is 0 Å². The van der Waals surface area contributed by atoms with E-state index in [1.807, 2.05) is 19.9 Å². The number of hydrogen-bond donors (Lipinski definition) is 1. The van der Waals surface area contributed by atoms with Crippen LogP contribution in [0, 0.1) is 6.92 Å². The molecule has 3 rings (SSSR count). The summed E-state index contributed by atoms with van der Waals surface area (Å²) in [4.78, 5) is 32.4. The Balaban J connectivity index is 1.97. The predicted molar refractivity (Wildman–Crippen MR) is 129 cm³/mol. The number of nitrogens with one attached hydrogen (secondary N) is 1. The summed E-state index contributed by atoms with van der Waals surface area (Å²) in [5.41, 5.74) is 1.80. The SMILES string of the molecule is COCCCN(C(=O)Nc1ccc(C)c(Cl)c1)C(C)c1nc2cc(Cl)ccc2c(=O)n1C. The van der Waals surface area contributed by atoms with E-state index in [1.54, 1.807) is 49.4 Å². The number of methoxy groups -OCH3 is 1. The molecular formula is C23H26Cl2N4O3. The van der Waals surface area contributed by atoms with Crippen LogP contribution in [-0.4, -0.2) is 40.7 Å². The van der Waals surface area contributed by atoms with Gasteiger partial charge < -0.3 is 15.0 Å². The van der Waals surface area contributed by atoms with Crippen LogP contribution in [0.5, 0.6) is 0 Å². The highest BCUT2D eigenvalue weighted by molar-refractivity contribution is 6.31. The lowest BCUT2D eigenvalue weighted by Gasteiger charge is -2.30. The molecule has 1 N–H and O–H groups in total. The molecule has 2 amide bonds. The summed E-state index contributed by atoms with van der Waals surface area (Å²) < 4.78 is 6.63. The fourth-order valence-electron chi connectivity index (χ4n) is 3.49. The van der Waals surface area contributed by atoms with Crippen LogP contribution in [-0.2, 0) is 11.8 Å². The van der Waals surface area contributed by atoms with Crippen LogP contribution in [0.2, 0.25) is 10.0 Å². The standard InChI is InChI=1S/C23H26Cl2N4O3/c1-14-6-8-17(13-19(14)25)26-23(31)29(10-5-11-32-4)15(2)21-27-20-12-16(24)7-9-18(20)22(30)28(21)3/h6-9,12-13,15H,5,10-11H2,1-4H3,(H,26,31). The molecule has 7 nitrogen and oxygen atoms in total. The van der Waals surface area contributed by atoms with Gasteiger partial charge in [0, 0.05) is 43.0 Å². The van der Waals surface area contributed by atoms with Gasteiger partial charge in [-0.25, -0.2) is 9.78 Å². The van der Waals surface area contributed by atoms with Gasteiger partial charge in [0.25, 0.3) is 5.56 Å². The minimum absolute atomic E-state index is 0.198. The number of aryl methyl sites for hydroxylation is 1. The molecule has 1 heterocycles. The third kappa shape index (κ3) is 5.23. The van der Waals surface area contributed by atoms with E-state index in [0.717, 1.165) is 5.56 Å². The molecule has 0 aliphatic heterocycles. The molecule has 1 atom stereocenters. The van der Waals surface area contributed by atoms with Gasteiger partial charge >= 0.3 is 6.03 Å². The highest BCUT2D eigenvalue weighted by Gasteiger charge is 2.25. The van der Waals surface area contributed by atoms with Crippen molar-refractivity contribution in [2.75, 3.05) is 25.6 Å². The van der Waals surface area contributed by atoms with Gasteiger partial charge in [-0.15, -0.1) is 0 Å². The second-order valence-electron chi connectivity index (χ2n) is 7.61. The first-order valence-corrected chi connectivity index (χ1v) is 11.0. The maximum absolute atomic E-state index is 13.2. The summed E-state index contributed by atoms with van der Waals surface area (Å²) in [6.07, 6.45) is 0.621. The Morgan fingerprint density at radius 2 is 2.00 bits per heavy atom. The molecule has 0 fully saturated rings. The number of aromatic nitrogens is 2. The Morgan fingerprint density at radius 1 is 1.25 bits per heavy atom. The molecule has 0 saturated carbocycles. The summed E-state index contributed by atoms with van der Waals surface area (Å²) in [5.74, 6) is 0.458. The highest BCUT2D eigenvalue weighted by Crippen LogP contribution is 2.24. The molecule has 0 radical (unpaired) electrons. The van der Waals surface area contributed by atoms with Crippen LogP contribution < -0.4 is 10.9 Å². The fraction of sp³-hybridized carbons (Fsp3) is 0.348. The van der Waals surface area contributed by atoms with Crippen LogP contribution in [0.3, 0.4) is 0 Å². The minimum atomic E-state index is -0.492. The summed E-state index contributed by atoms with van der Waals surface area (Å²) in [5, 5.41) is 4.42. The Bertz CT molecular complexity index is 1200. The van der Waals surface area contributed by atoms with Crippen LogP contribution in [0.1, 0.15) is 30.8 Å². The number of anilines is 1. The van der Waals surface area contributed by atoms with Gasteiger partial charge in [0.05, 0.1) is 16.9 Å². The van der Waals surface area contributed by atoms with E-state index in [4.69, 9.17) is 27.9 Å². The van der Waals surface area contributed by atoms with E-state index >= 15 is 0 Å². The number of nitrogens with zero attached hydrogens (tertiary/aromatic N) is 3. The fourth-order valence-corrected chi connectivity index (χ4v) is 3.84. The highest BCUT2D eigenvalue weighted by atomic mass is 35.5. The minimum Gasteiger partial charge on any atom is -0.385 e. The number of fused-ring (bicyclic) bond motifs is 1. The van der Waals surface area contributed by atoms with Crippen molar-refractivity contribution in [3.05, 3.63) is 68.2 Å². The summed E-state index contributed by atoms with van der Waals surface area (Å²) in [6, 6.07) is 9.50. The third-order valence-corrected chi connectivity index (χ3v) is 5.99. The molecule has 32 heavy (non-hydrogen) atoms. The first-order valence-electron chi connectivity index (χ1n) is 10.2. The van der Waals surface area contributed by atoms with Crippen LogP contribution in [0.25, 0.3) is 10.9 Å². The summed E-state index contributed by atoms with van der Waals surface area (Å²) in [7, 11) is 3.26. The van der Waals surface area contributed by atoms with Crippen molar-refractivity contribution >= 4 is 45.8 Å². The number of amides is 2. The Labute approximate surface area is 196 Å². The molecule has 0 spiro atoms. The maximum atomic E-state index is 13.2. The molecule has 0 aliphatic rings. The molecular weight excluding hydrogens is 451 g/mol. The van der Waals surface area contributed by atoms with E-state index in [-0.39, 0.29) is 11.6 Å². The van der Waals surface area contributed by atoms with E-state index in [9.17, 15) is 9.59 Å². The smallest absolute Gasteiger partial charge is 0.322 e. The summed E-state index contributed by atoms with van der Waals surface area (Å²) in [6.45, 7) is 4.63. The number of urea groups is 1. The number of carbonyl (C=O) groups excluding carboxylic acids is 1. The number of benzene rings is 2. The van der Waals surface area contributed by atoms with Crippen molar-refractivity contribution in [3.8, 4) is 0 Å². The van der Waals surface area contributed by atoms with E-state index in [2.05, 4.69) is 10.3 Å². The molecule has 0 bridgehead atoms. The number of hydrogen-bond acceptors (Lipinski definition) is 4. The molecule has 0 saturated heterocycles. The van der Waals surface area contributed by atoms with Crippen molar-refractivity contribution in [2.45, 2.75) is 26.3 Å². The molecule has 2 aromatic carbocycles. The van der Waals surface area contributed by atoms with Gasteiger partial charge in [-0.2, -0.15) is 0 Å². The Morgan fingerprint density at radius 3 is 2.69 bits per heavy atom. The van der Waals surface area contributed by atoms with Crippen LogP contribution in [0.15, 0.2) is 41.2 Å². The zero-order valence-electron chi connectivity index (χ0n) is 18.5. The van der Waals surface area contributed by atoms with Crippen molar-refractivity contribution in [2.24, 2.45) is 7.05 Å². The molecule has 170 valence electrons. The lowest BCUT2D eigenvalue weighted by Crippen LogP contribution is -2.40. The average molecular weight is 477 g/mol. The number of rotatable bonds is 7. The van der Waals surface area contributed by atoms with Crippen molar-refractivity contribution in [1.82, 2.24) is 14.5 Å². The van der Waals surface area contributed by atoms with Gasteiger partial charge in [-0.1, -0.05) is 29.3 Å². The monoisotopic (exact) mass is 476 g/mol. The lowest BCUT2D eigenvalue weighted by atomic mass is 10.2. The summed E-state index contributed by atoms with van der Waals surface area (Å²) >= 11 is 12.3. The van der Waals surface area contributed by atoms with Gasteiger partial charge in [0.2, 0.25) is 0 Å². The second kappa shape index (κ2) is 10.3. The first kappa shape index (κ1) is 24.0. The van der Waals surface area contributed by atoms with Crippen molar-refractivity contribution in [1.29, 1.82) is 0 Å². The average Bonchev–Trinajstić information content (AvgIpc) is 2.75. The zero-order chi connectivity index (χ0) is 23.4. The Kier molecular flexibility index (Phi) is 7.77. The Hall–Kier alpha value is -2.61. The molecule has 1 unspecified atom stereocenters. The van der Waals surface area contributed by atoms with E-state index < -0.39 is 6.04 Å². The normalized spacial score (nSPS) is 12.1. The van der Waals surface area contributed by atoms with E-state index in [0.29, 0.717) is 52.0 Å². The predicted octanol–water partition coefficient (Wildman–Crippen LogP) is 5.18. The van der Waals surface area contributed by atoms with Gasteiger partial charge in [-0.3, -0.25) is 9.36 Å². The largest absolute Gasteiger partial charge is 0.385 e. The molecule has 3 aromatic rings.